The van der Waals surface area contributed by atoms with E-state index in [1.165, 1.54) is 0 Å². The molecular formula is C11H25N3O. The molecule has 0 saturated carbocycles. The number of piperazine rings is 1. The van der Waals surface area contributed by atoms with Gasteiger partial charge in [-0.1, -0.05) is 0 Å². The van der Waals surface area contributed by atoms with E-state index in [-0.39, 0.29) is 11.6 Å². The van der Waals surface area contributed by atoms with E-state index in [1.54, 1.807) is 0 Å². The predicted molar refractivity (Wildman–Crippen MR) is 62.8 cm³/mol. The van der Waals surface area contributed by atoms with Crippen LogP contribution in [0.1, 0.15) is 20.8 Å². The third kappa shape index (κ3) is 4.07. The van der Waals surface area contributed by atoms with E-state index in [9.17, 15) is 5.11 Å². The summed E-state index contributed by atoms with van der Waals surface area (Å²) >= 11 is 0. The van der Waals surface area contributed by atoms with Crippen molar-refractivity contribution in [1.29, 1.82) is 0 Å². The molecular weight excluding hydrogens is 190 g/mol. The second-order valence-corrected chi connectivity index (χ2v) is 5.35. The Kier molecular flexibility index (Phi) is 4.52. The highest BCUT2D eigenvalue weighted by Crippen LogP contribution is 2.15. The monoisotopic (exact) mass is 215 g/mol. The van der Waals surface area contributed by atoms with Gasteiger partial charge in [0.2, 0.25) is 0 Å². The van der Waals surface area contributed by atoms with Gasteiger partial charge in [0.15, 0.2) is 0 Å². The highest BCUT2D eigenvalue weighted by Gasteiger charge is 2.26. The van der Waals surface area contributed by atoms with Crippen LogP contribution in [0.3, 0.4) is 0 Å². The lowest BCUT2D eigenvalue weighted by Crippen LogP contribution is -2.54. The molecule has 0 amide bonds. The molecule has 0 aromatic carbocycles. The zero-order chi connectivity index (χ0) is 11.5. The van der Waals surface area contributed by atoms with E-state index in [2.05, 4.69) is 30.6 Å². The summed E-state index contributed by atoms with van der Waals surface area (Å²) in [6.07, 6.45) is -0.369. The van der Waals surface area contributed by atoms with Gasteiger partial charge in [0.25, 0.3) is 0 Å². The van der Waals surface area contributed by atoms with E-state index in [0.717, 1.165) is 26.2 Å². The number of hydrogen-bond acceptors (Lipinski definition) is 4. The van der Waals surface area contributed by atoms with Crippen molar-refractivity contribution in [3.05, 3.63) is 0 Å². The van der Waals surface area contributed by atoms with Crippen LogP contribution in [-0.4, -0.2) is 65.8 Å². The highest BCUT2D eigenvalue weighted by molar-refractivity contribution is 4.82. The number of β-amino-alcohol motifs (C(OH)–C–C–N with tert-alkyl or cyclic N) is 1. The Hall–Kier alpha value is -0.160. The average Bonchev–Trinajstić information content (AvgIpc) is 2.17. The largest absolute Gasteiger partial charge is 0.390 e. The van der Waals surface area contributed by atoms with Crippen molar-refractivity contribution >= 4 is 0 Å². The molecule has 1 aliphatic heterocycles. The van der Waals surface area contributed by atoms with E-state index < -0.39 is 0 Å². The number of aliphatic hydroxyl groups is 1. The highest BCUT2D eigenvalue weighted by atomic mass is 16.3. The van der Waals surface area contributed by atoms with Gasteiger partial charge in [-0.3, -0.25) is 9.80 Å². The minimum atomic E-state index is -0.369. The molecule has 4 heteroatoms. The quantitative estimate of drug-likeness (QED) is 0.680. The summed E-state index contributed by atoms with van der Waals surface area (Å²) in [6, 6.07) is 0. The van der Waals surface area contributed by atoms with Crippen LogP contribution in [0.15, 0.2) is 0 Å². The van der Waals surface area contributed by atoms with E-state index in [1.807, 2.05) is 0 Å². The molecule has 15 heavy (non-hydrogen) atoms. The summed E-state index contributed by atoms with van der Waals surface area (Å²) in [5, 5.41) is 9.46. The maximum atomic E-state index is 9.46. The summed E-state index contributed by atoms with van der Waals surface area (Å²) in [6.45, 7) is 12.1. The van der Waals surface area contributed by atoms with Crippen molar-refractivity contribution in [3.63, 3.8) is 0 Å². The summed E-state index contributed by atoms with van der Waals surface area (Å²) in [4.78, 5) is 4.78. The van der Waals surface area contributed by atoms with Crippen LogP contribution in [0.4, 0.5) is 0 Å². The van der Waals surface area contributed by atoms with Gasteiger partial charge >= 0.3 is 0 Å². The molecule has 0 aliphatic carbocycles. The van der Waals surface area contributed by atoms with E-state index in [4.69, 9.17) is 5.73 Å². The fourth-order valence-electron chi connectivity index (χ4n) is 1.97. The second kappa shape index (κ2) is 5.25. The van der Waals surface area contributed by atoms with Crippen LogP contribution < -0.4 is 5.73 Å². The van der Waals surface area contributed by atoms with Crippen molar-refractivity contribution in [2.24, 2.45) is 5.73 Å². The first-order valence-electron chi connectivity index (χ1n) is 5.79. The zero-order valence-electron chi connectivity index (χ0n) is 10.2. The summed E-state index contributed by atoms with van der Waals surface area (Å²) < 4.78 is 0. The third-order valence-corrected chi connectivity index (χ3v) is 3.06. The zero-order valence-corrected chi connectivity index (χ0v) is 10.2. The number of rotatable bonds is 3. The number of nitrogens with zero attached hydrogens (tertiary/aromatic N) is 2. The number of nitrogens with two attached hydrogens (primary N) is 1. The smallest absolute Gasteiger partial charge is 0.0789 e. The Balaban J connectivity index is 2.30. The van der Waals surface area contributed by atoms with Crippen LogP contribution in [-0.2, 0) is 0 Å². The lowest BCUT2D eigenvalue weighted by Gasteiger charge is -2.42. The normalized spacial score (nSPS) is 23.0. The first kappa shape index (κ1) is 12.9. The fourth-order valence-corrected chi connectivity index (χ4v) is 1.97. The standard InChI is InChI=1S/C11H25N3O/c1-11(2,3)14-6-4-13(5-7-14)9-10(15)8-12/h10,15H,4-9,12H2,1-3H3/t10-/m1/s1. The second-order valence-electron chi connectivity index (χ2n) is 5.35. The predicted octanol–water partition coefficient (Wildman–Crippen LogP) is -0.278. The van der Waals surface area contributed by atoms with Gasteiger partial charge in [-0.2, -0.15) is 0 Å². The molecule has 1 fully saturated rings. The Morgan fingerprint density at radius 2 is 1.73 bits per heavy atom. The molecule has 1 rings (SSSR count). The molecule has 90 valence electrons. The van der Waals surface area contributed by atoms with Crippen molar-refractivity contribution < 1.29 is 5.11 Å². The average molecular weight is 215 g/mol. The minimum absolute atomic E-state index is 0.262. The van der Waals surface area contributed by atoms with Crippen molar-refractivity contribution in [2.45, 2.75) is 32.4 Å². The minimum Gasteiger partial charge on any atom is -0.390 e. The fraction of sp³-hybridized carbons (Fsp3) is 1.00. The lowest BCUT2D eigenvalue weighted by molar-refractivity contribution is 0.0386. The Bertz CT molecular complexity index is 183. The van der Waals surface area contributed by atoms with Gasteiger partial charge in [0.1, 0.15) is 0 Å². The molecule has 1 saturated heterocycles. The van der Waals surface area contributed by atoms with Gasteiger partial charge in [0.05, 0.1) is 6.10 Å². The maximum absolute atomic E-state index is 9.46. The third-order valence-electron chi connectivity index (χ3n) is 3.06. The molecule has 0 unspecified atom stereocenters. The van der Waals surface area contributed by atoms with Gasteiger partial charge in [0, 0.05) is 44.8 Å². The summed E-state index contributed by atoms with van der Waals surface area (Å²) in [7, 11) is 0. The molecule has 4 nitrogen and oxygen atoms in total. The molecule has 3 N–H and O–H groups in total. The van der Waals surface area contributed by atoms with Crippen LogP contribution >= 0.6 is 0 Å². The van der Waals surface area contributed by atoms with Crippen molar-refractivity contribution in [1.82, 2.24) is 9.80 Å². The van der Waals surface area contributed by atoms with Gasteiger partial charge < -0.3 is 10.8 Å². The molecule has 0 bridgehead atoms. The van der Waals surface area contributed by atoms with E-state index in [0.29, 0.717) is 13.1 Å². The lowest BCUT2D eigenvalue weighted by atomic mass is 10.0. The molecule has 0 aromatic rings. The maximum Gasteiger partial charge on any atom is 0.0789 e. The molecule has 0 radical (unpaired) electrons. The topological polar surface area (TPSA) is 52.7 Å². The van der Waals surface area contributed by atoms with E-state index >= 15 is 0 Å². The molecule has 1 atom stereocenters. The van der Waals surface area contributed by atoms with Crippen LogP contribution in [0.2, 0.25) is 0 Å². The number of hydrogen-bond donors (Lipinski definition) is 2. The van der Waals surface area contributed by atoms with Crippen LogP contribution in [0.25, 0.3) is 0 Å². The molecule has 1 aliphatic rings. The molecule has 1 heterocycles. The molecule has 0 spiro atoms. The van der Waals surface area contributed by atoms with Gasteiger partial charge in [-0.15, -0.1) is 0 Å². The molecule has 0 aromatic heterocycles. The van der Waals surface area contributed by atoms with Gasteiger partial charge in [-0.05, 0) is 20.8 Å². The first-order chi connectivity index (χ1) is 6.93. The van der Waals surface area contributed by atoms with Crippen molar-refractivity contribution in [3.8, 4) is 0 Å². The Labute approximate surface area is 93.0 Å². The van der Waals surface area contributed by atoms with Crippen LogP contribution in [0, 0.1) is 0 Å². The summed E-state index contributed by atoms with van der Waals surface area (Å²) in [5.41, 5.74) is 5.66. The number of aliphatic hydroxyl groups excluding tert-OH is 1. The van der Waals surface area contributed by atoms with Crippen LogP contribution in [0.5, 0.6) is 0 Å². The van der Waals surface area contributed by atoms with Crippen molar-refractivity contribution in [2.75, 3.05) is 39.3 Å². The first-order valence-corrected chi connectivity index (χ1v) is 5.79. The Morgan fingerprint density at radius 1 is 1.20 bits per heavy atom. The SMILES string of the molecule is CC(C)(C)N1CCN(C[C@H](O)CN)CC1. The van der Waals surface area contributed by atoms with Gasteiger partial charge in [-0.25, -0.2) is 0 Å². The Morgan fingerprint density at radius 3 is 2.13 bits per heavy atom. The summed E-state index contributed by atoms with van der Waals surface area (Å²) in [5.74, 6) is 0.